The Kier molecular flexibility index (Phi) is 3.22. The largest absolute Gasteiger partial charge is 0.453 e. The highest BCUT2D eigenvalue weighted by molar-refractivity contribution is 5.89. The van der Waals surface area contributed by atoms with Gasteiger partial charge in [-0.05, 0) is 12.1 Å². The van der Waals surface area contributed by atoms with Crippen molar-refractivity contribution in [1.29, 1.82) is 0 Å². The molecule has 0 amide bonds. The third kappa shape index (κ3) is 2.22. The van der Waals surface area contributed by atoms with E-state index in [2.05, 4.69) is 0 Å². The number of alkyl halides is 1. The SMILES string of the molecule is O=C(O[C@H]1[C@H](F)[C@H](O)[C@@H]2OC[C@H]1O2)c1ccccc1. The van der Waals surface area contributed by atoms with E-state index in [1.165, 1.54) is 0 Å². The Bertz CT molecular complexity index is 465. The molecule has 2 aliphatic heterocycles. The van der Waals surface area contributed by atoms with Gasteiger partial charge in [-0.25, -0.2) is 9.18 Å². The van der Waals surface area contributed by atoms with Crippen LogP contribution in [0.2, 0.25) is 0 Å². The van der Waals surface area contributed by atoms with Gasteiger partial charge in [0.25, 0.3) is 0 Å². The highest BCUT2D eigenvalue weighted by Crippen LogP contribution is 2.32. The fourth-order valence-electron chi connectivity index (χ4n) is 2.25. The van der Waals surface area contributed by atoms with Crippen molar-refractivity contribution in [1.82, 2.24) is 0 Å². The molecule has 1 aromatic rings. The van der Waals surface area contributed by atoms with Crippen molar-refractivity contribution in [3.63, 3.8) is 0 Å². The summed E-state index contributed by atoms with van der Waals surface area (Å²) >= 11 is 0. The van der Waals surface area contributed by atoms with E-state index in [4.69, 9.17) is 14.2 Å². The van der Waals surface area contributed by atoms with Gasteiger partial charge in [-0.1, -0.05) is 18.2 Å². The van der Waals surface area contributed by atoms with Crippen LogP contribution < -0.4 is 0 Å². The van der Waals surface area contributed by atoms with Gasteiger partial charge >= 0.3 is 5.97 Å². The first-order chi connectivity index (χ1) is 9.16. The topological polar surface area (TPSA) is 65.0 Å². The minimum absolute atomic E-state index is 0.106. The quantitative estimate of drug-likeness (QED) is 0.798. The second-order valence-corrected chi connectivity index (χ2v) is 4.55. The zero-order valence-electron chi connectivity index (χ0n) is 9.94. The summed E-state index contributed by atoms with van der Waals surface area (Å²) in [7, 11) is 0. The van der Waals surface area contributed by atoms with E-state index in [0.717, 1.165) is 0 Å². The molecule has 0 aliphatic carbocycles. The Labute approximate surface area is 108 Å². The zero-order valence-corrected chi connectivity index (χ0v) is 9.94. The van der Waals surface area contributed by atoms with Crippen molar-refractivity contribution >= 4 is 5.97 Å². The Balaban J connectivity index is 1.74. The fourth-order valence-corrected chi connectivity index (χ4v) is 2.25. The number of fused-ring (bicyclic) bond motifs is 2. The molecule has 5 atom stereocenters. The average Bonchev–Trinajstić information content (AvgIpc) is 2.89. The Morgan fingerprint density at radius 1 is 1.37 bits per heavy atom. The molecule has 0 saturated carbocycles. The molecule has 0 aromatic heterocycles. The fraction of sp³-hybridized carbons (Fsp3) is 0.462. The van der Waals surface area contributed by atoms with Gasteiger partial charge in [0.05, 0.1) is 12.2 Å². The molecule has 2 bridgehead atoms. The molecule has 102 valence electrons. The number of aliphatic hydroxyl groups is 1. The summed E-state index contributed by atoms with van der Waals surface area (Å²) in [6, 6.07) is 8.28. The molecule has 3 rings (SSSR count). The highest BCUT2D eigenvalue weighted by atomic mass is 19.1. The van der Waals surface area contributed by atoms with Crippen LogP contribution in [0.1, 0.15) is 10.4 Å². The normalized spacial score (nSPS) is 37.1. The molecule has 1 N–H and O–H groups in total. The molecule has 0 unspecified atom stereocenters. The van der Waals surface area contributed by atoms with Crippen molar-refractivity contribution in [2.75, 3.05) is 6.61 Å². The van der Waals surface area contributed by atoms with Crippen LogP contribution in [0.4, 0.5) is 4.39 Å². The van der Waals surface area contributed by atoms with Crippen LogP contribution in [0.5, 0.6) is 0 Å². The number of rotatable bonds is 2. The molecule has 19 heavy (non-hydrogen) atoms. The summed E-state index contributed by atoms with van der Waals surface area (Å²) < 4.78 is 29.4. The maximum atomic E-state index is 14.0. The van der Waals surface area contributed by atoms with Crippen LogP contribution in [0, 0.1) is 0 Å². The van der Waals surface area contributed by atoms with E-state index in [9.17, 15) is 14.3 Å². The first-order valence-electron chi connectivity index (χ1n) is 6.02. The summed E-state index contributed by atoms with van der Waals surface area (Å²) in [5, 5.41) is 9.60. The van der Waals surface area contributed by atoms with Gasteiger partial charge in [0.15, 0.2) is 18.6 Å². The summed E-state index contributed by atoms with van der Waals surface area (Å²) in [5.41, 5.74) is 0.324. The predicted molar refractivity (Wildman–Crippen MR) is 61.2 cm³/mol. The number of aliphatic hydroxyl groups excluding tert-OH is 1. The Morgan fingerprint density at radius 2 is 2.11 bits per heavy atom. The molecular weight excluding hydrogens is 255 g/mol. The molecule has 2 aliphatic rings. The van der Waals surface area contributed by atoms with E-state index < -0.39 is 36.7 Å². The van der Waals surface area contributed by atoms with Crippen LogP contribution in [0.25, 0.3) is 0 Å². The van der Waals surface area contributed by atoms with Crippen molar-refractivity contribution in [3.8, 4) is 0 Å². The third-order valence-electron chi connectivity index (χ3n) is 3.27. The summed E-state index contributed by atoms with van der Waals surface area (Å²) in [4.78, 5) is 11.9. The molecule has 0 radical (unpaired) electrons. The predicted octanol–water partition coefficient (Wildman–Crippen LogP) is 0.666. The number of carbonyl (C=O) groups is 1. The second kappa shape index (κ2) is 4.88. The lowest BCUT2D eigenvalue weighted by Gasteiger charge is -2.33. The van der Waals surface area contributed by atoms with Crippen molar-refractivity contribution in [2.45, 2.75) is 30.8 Å². The molecule has 5 nitrogen and oxygen atoms in total. The average molecular weight is 268 g/mol. The Hall–Kier alpha value is -1.50. The molecule has 2 fully saturated rings. The van der Waals surface area contributed by atoms with Gasteiger partial charge in [-0.15, -0.1) is 0 Å². The van der Waals surface area contributed by atoms with Crippen molar-refractivity contribution in [2.24, 2.45) is 0 Å². The summed E-state index contributed by atoms with van der Waals surface area (Å²) in [6.07, 6.45) is -5.93. The number of carbonyl (C=O) groups excluding carboxylic acids is 1. The molecule has 2 saturated heterocycles. The number of ether oxygens (including phenoxy) is 3. The van der Waals surface area contributed by atoms with Crippen LogP contribution in [-0.4, -0.2) is 48.5 Å². The van der Waals surface area contributed by atoms with E-state index in [0.29, 0.717) is 5.56 Å². The number of hydrogen-bond acceptors (Lipinski definition) is 5. The van der Waals surface area contributed by atoms with E-state index >= 15 is 0 Å². The monoisotopic (exact) mass is 268 g/mol. The molecule has 2 heterocycles. The van der Waals surface area contributed by atoms with Crippen molar-refractivity contribution in [3.05, 3.63) is 35.9 Å². The third-order valence-corrected chi connectivity index (χ3v) is 3.27. The second-order valence-electron chi connectivity index (χ2n) is 4.55. The number of hydrogen-bond donors (Lipinski definition) is 1. The number of halogens is 1. The standard InChI is InChI=1S/C13H13FO5/c14-9-10(15)13-17-6-8(18-13)11(9)19-12(16)7-4-2-1-3-5-7/h1-5,8-11,13,15H,6H2/t8-,9-,10+,11-,13-/m1/s1. The molecular formula is C13H13FO5. The van der Waals surface area contributed by atoms with Crippen LogP contribution in [-0.2, 0) is 14.2 Å². The lowest BCUT2D eigenvalue weighted by atomic mass is 10.0. The van der Waals surface area contributed by atoms with Gasteiger partial charge in [-0.3, -0.25) is 0 Å². The van der Waals surface area contributed by atoms with Gasteiger partial charge in [0.1, 0.15) is 12.2 Å². The highest BCUT2D eigenvalue weighted by Gasteiger charge is 2.52. The van der Waals surface area contributed by atoms with Gasteiger partial charge in [-0.2, -0.15) is 0 Å². The zero-order chi connectivity index (χ0) is 13.4. The maximum Gasteiger partial charge on any atom is 0.338 e. The Morgan fingerprint density at radius 3 is 2.84 bits per heavy atom. The first kappa shape index (κ1) is 12.5. The molecule has 0 spiro atoms. The van der Waals surface area contributed by atoms with Gasteiger partial charge < -0.3 is 19.3 Å². The lowest BCUT2D eigenvalue weighted by molar-refractivity contribution is -0.212. The van der Waals surface area contributed by atoms with E-state index in [1.807, 2.05) is 0 Å². The smallest absolute Gasteiger partial charge is 0.338 e. The van der Waals surface area contributed by atoms with Crippen molar-refractivity contribution < 1.29 is 28.5 Å². The number of esters is 1. The van der Waals surface area contributed by atoms with Crippen LogP contribution >= 0.6 is 0 Å². The summed E-state index contributed by atoms with van der Waals surface area (Å²) in [5.74, 6) is -0.644. The van der Waals surface area contributed by atoms with Gasteiger partial charge in [0, 0.05) is 0 Å². The summed E-state index contributed by atoms with van der Waals surface area (Å²) in [6.45, 7) is 0.106. The minimum Gasteiger partial charge on any atom is -0.453 e. The van der Waals surface area contributed by atoms with Gasteiger partial charge in [0.2, 0.25) is 0 Å². The maximum absolute atomic E-state index is 14.0. The van der Waals surface area contributed by atoms with Crippen LogP contribution in [0.3, 0.4) is 0 Å². The van der Waals surface area contributed by atoms with Crippen LogP contribution in [0.15, 0.2) is 30.3 Å². The lowest BCUT2D eigenvalue weighted by Crippen LogP contribution is -2.53. The first-order valence-corrected chi connectivity index (χ1v) is 6.02. The number of benzene rings is 1. The van der Waals surface area contributed by atoms with E-state index in [-0.39, 0.29) is 6.61 Å². The molecule has 6 heteroatoms. The molecule has 1 aromatic carbocycles. The van der Waals surface area contributed by atoms with E-state index in [1.54, 1.807) is 30.3 Å². The minimum atomic E-state index is -1.71.